The Morgan fingerprint density at radius 3 is 2.09 bits per heavy atom. The maximum atomic E-state index is 12.5. The Labute approximate surface area is 199 Å². The van der Waals surface area contributed by atoms with Crippen molar-refractivity contribution in [3.8, 4) is 11.5 Å². The second-order valence-corrected chi connectivity index (χ2v) is 9.07. The number of fused-ring (bicyclic) bond motifs is 1. The number of benzene rings is 3. The Kier molecular flexibility index (Phi) is 6.56. The largest absolute Gasteiger partial charge is 0.436 e. The average molecular weight is 458 g/mol. The summed E-state index contributed by atoms with van der Waals surface area (Å²) in [5, 5.41) is 6.00. The molecule has 6 heteroatoms. The fourth-order valence-electron chi connectivity index (χ4n) is 3.50. The molecule has 1 amide bonds. The normalized spacial score (nSPS) is 11.2. The van der Waals surface area contributed by atoms with Crippen LogP contribution in [0.4, 0.5) is 5.69 Å². The minimum absolute atomic E-state index is 0.222. The third-order valence-electron chi connectivity index (χ3n) is 5.54. The van der Waals surface area contributed by atoms with Gasteiger partial charge in [0.1, 0.15) is 5.52 Å². The van der Waals surface area contributed by atoms with Gasteiger partial charge in [0.15, 0.2) is 10.7 Å². The van der Waals surface area contributed by atoms with Gasteiger partial charge < -0.3 is 9.73 Å². The highest BCUT2D eigenvalue weighted by atomic mass is 32.1. The third kappa shape index (κ3) is 5.29. The lowest BCUT2D eigenvalue weighted by Crippen LogP contribution is -2.34. The lowest BCUT2D eigenvalue weighted by atomic mass is 10.0. The fourth-order valence-corrected chi connectivity index (χ4v) is 3.71. The van der Waals surface area contributed by atoms with E-state index in [0.29, 0.717) is 34.4 Å². The molecule has 1 aromatic heterocycles. The number of amides is 1. The first kappa shape index (κ1) is 22.7. The van der Waals surface area contributed by atoms with E-state index in [4.69, 9.17) is 16.6 Å². The number of thiocarbonyl (C=S) groups is 1. The highest BCUT2D eigenvalue weighted by Gasteiger charge is 2.12. The Morgan fingerprint density at radius 1 is 0.879 bits per heavy atom. The summed E-state index contributed by atoms with van der Waals surface area (Å²) in [6, 6.07) is 21.3. The zero-order valence-corrected chi connectivity index (χ0v) is 20.0. The van der Waals surface area contributed by atoms with Gasteiger partial charge in [-0.25, -0.2) is 4.98 Å². The van der Waals surface area contributed by atoms with Gasteiger partial charge in [-0.2, -0.15) is 0 Å². The minimum atomic E-state index is -0.252. The zero-order chi connectivity index (χ0) is 23.5. The van der Waals surface area contributed by atoms with Gasteiger partial charge in [0, 0.05) is 16.8 Å². The summed E-state index contributed by atoms with van der Waals surface area (Å²) in [6.45, 7) is 8.56. The smallest absolute Gasteiger partial charge is 0.257 e. The van der Waals surface area contributed by atoms with Crippen molar-refractivity contribution in [1.82, 2.24) is 10.3 Å². The maximum Gasteiger partial charge on any atom is 0.257 e. The average Bonchev–Trinajstić information content (AvgIpc) is 3.22. The first-order valence-corrected chi connectivity index (χ1v) is 11.4. The van der Waals surface area contributed by atoms with E-state index < -0.39 is 0 Å². The number of hydrogen-bond acceptors (Lipinski definition) is 4. The van der Waals surface area contributed by atoms with Crippen LogP contribution in [-0.4, -0.2) is 16.0 Å². The van der Waals surface area contributed by atoms with Gasteiger partial charge in [-0.15, -0.1) is 0 Å². The summed E-state index contributed by atoms with van der Waals surface area (Å²) in [6.07, 6.45) is 0. The lowest BCUT2D eigenvalue weighted by molar-refractivity contribution is 0.0977. The van der Waals surface area contributed by atoms with Gasteiger partial charge in [0.05, 0.1) is 0 Å². The van der Waals surface area contributed by atoms with Crippen molar-refractivity contribution >= 4 is 40.0 Å². The monoisotopic (exact) mass is 457 g/mol. The van der Waals surface area contributed by atoms with E-state index >= 15 is 0 Å². The summed E-state index contributed by atoms with van der Waals surface area (Å²) in [5.41, 5.74) is 6.05. The molecule has 0 bridgehead atoms. The van der Waals surface area contributed by atoms with E-state index in [2.05, 4.69) is 55.4 Å². The number of hydrogen-bond donors (Lipinski definition) is 2. The maximum absolute atomic E-state index is 12.5. The molecule has 33 heavy (non-hydrogen) atoms. The molecule has 0 saturated carbocycles. The molecule has 1 heterocycles. The van der Waals surface area contributed by atoms with E-state index in [0.717, 1.165) is 11.3 Å². The molecule has 0 atom stereocenters. The van der Waals surface area contributed by atoms with Crippen LogP contribution < -0.4 is 10.6 Å². The van der Waals surface area contributed by atoms with E-state index in [-0.39, 0.29) is 11.0 Å². The number of carbonyl (C=O) groups excluding carboxylic acids is 1. The van der Waals surface area contributed by atoms with Crippen LogP contribution in [0.15, 0.2) is 71.1 Å². The van der Waals surface area contributed by atoms with Gasteiger partial charge in [-0.1, -0.05) is 52.0 Å². The molecule has 4 rings (SSSR count). The summed E-state index contributed by atoms with van der Waals surface area (Å²) < 4.78 is 5.92. The Balaban J connectivity index is 1.44. The summed E-state index contributed by atoms with van der Waals surface area (Å²) >= 11 is 5.33. The van der Waals surface area contributed by atoms with Crippen molar-refractivity contribution in [3.05, 3.63) is 83.4 Å². The minimum Gasteiger partial charge on any atom is -0.436 e. The molecule has 4 aromatic rings. The van der Waals surface area contributed by atoms with Gasteiger partial charge in [-0.3, -0.25) is 10.1 Å². The van der Waals surface area contributed by atoms with Crippen LogP contribution in [0.1, 0.15) is 61.0 Å². The molecule has 0 aliphatic carbocycles. The lowest BCUT2D eigenvalue weighted by Gasteiger charge is -2.10. The van der Waals surface area contributed by atoms with Crippen molar-refractivity contribution < 1.29 is 9.21 Å². The first-order chi connectivity index (χ1) is 15.8. The van der Waals surface area contributed by atoms with Crippen molar-refractivity contribution in [3.63, 3.8) is 0 Å². The molecule has 3 aromatic carbocycles. The zero-order valence-electron chi connectivity index (χ0n) is 19.2. The summed E-state index contributed by atoms with van der Waals surface area (Å²) in [4.78, 5) is 17.1. The van der Waals surface area contributed by atoms with Crippen LogP contribution in [0.3, 0.4) is 0 Å². The van der Waals surface area contributed by atoms with E-state index in [1.165, 1.54) is 11.1 Å². The molecule has 0 spiro atoms. The number of oxazole rings is 1. The SMILES string of the molecule is CC(C)c1ccc(C(=O)NC(=S)Nc2ccc3oc(-c4ccc(C(C)C)cc4)nc3c2)cc1. The molecule has 168 valence electrons. The van der Waals surface area contributed by atoms with Gasteiger partial charge in [0.25, 0.3) is 5.91 Å². The molecule has 0 unspecified atom stereocenters. The van der Waals surface area contributed by atoms with E-state index in [9.17, 15) is 4.79 Å². The molecule has 5 nitrogen and oxygen atoms in total. The molecule has 0 aliphatic heterocycles. The van der Waals surface area contributed by atoms with Crippen LogP contribution in [0.5, 0.6) is 0 Å². The van der Waals surface area contributed by atoms with Crippen LogP contribution in [0, 0.1) is 0 Å². The predicted molar refractivity (Wildman–Crippen MR) is 138 cm³/mol. The van der Waals surface area contributed by atoms with Crippen LogP contribution in [-0.2, 0) is 0 Å². The Bertz CT molecular complexity index is 1290. The first-order valence-electron chi connectivity index (χ1n) is 11.0. The molecule has 0 radical (unpaired) electrons. The van der Waals surface area contributed by atoms with E-state index in [1.54, 1.807) is 0 Å². The Morgan fingerprint density at radius 2 is 1.48 bits per heavy atom. The predicted octanol–water partition coefficient (Wildman–Crippen LogP) is 6.87. The van der Waals surface area contributed by atoms with Crippen LogP contribution >= 0.6 is 12.2 Å². The van der Waals surface area contributed by atoms with Crippen molar-refractivity contribution in [2.24, 2.45) is 0 Å². The standard InChI is InChI=1S/C27H27N3O2S/c1-16(2)18-5-9-20(10-6-18)25(31)30-27(33)28-22-13-14-24-23(15-22)29-26(32-24)21-11-7-19(8-12-21)17(3)4/h5-17H,1-4H3,(H2,28,30,31,33). The molecule has 2 N–H and O–H groups in total. The second kappa shape index (κ2) is 9.55. The number of anilines is 1. The molecule has 0 fully saturated rings. The highest BCUT2D eigenvalue weighted by Crippen LogP contribution is 2.27. The number of aromatic nitrogens is 1. The molecular weight excluding hydrogens is 430 g/mol. The number of carbonyl (C=O) groups is 1. The van der Waals surface area contributed by atoms with Crippen molar-refractivity contribution in [2.75, 3.05) is 5.32 Å². The molecular formula is C27H27N3O2S. The van der Waals surface area contributed by atoms with Crippen molar-refractivity contribution in [2.45, 2.75) is 39.5 Å². The third-order valence-corrected chi connectivity index (χ3v) is 5.74. The quantitative estimate of drug-likeness (QED) is 0.320. The van der Waals surface area contributed by atoms with Crippen molar-refractivity contribution in [1.29, 1.82) is 0 Å². The van der Waals surface area contributed by atoms with Crippen LogP contribution in [0.2, 0.25) is 0 Å². The number of rotatable bonds is 5. The van der Waals surface area contributed by atoms with Gasteiger partial charge >= 0.3 is 0 Å². The topological polar surface area (TPSA) is 67.2 Å². The van der Waals surface area contributed by atoms with E-state index in [1.807, 2.05) is 54.6 Å². The van der Waals surface area contributed by atoms with Crippen LogP contribution in [0.25, 0.3) is 22.6 Å². The van der Waals surface area contributed by atoms with Gasteiger partial charge in [-0.05, 0) is 77.6 Å². The highest BCUT2D eigenvalue weighted by molar-refractivity contribution is 7.80. The molecule has 0 saturated heterocycles. The summed E-state index contributed by atoms with van der Waals surface area (Å²) in [5.74, 6) is 1.20. The van der Waals surface area contributed by atoms with Gasteiger partial charge in [0.2, 0.25) is 5.89 Å². The molecule has 0 aliphatic rings. The Hall–Kier alpha value is -3.51. The second-order valence-electron chi connectivity index (χ2n) is 8.66. The number of nitrogens with one attached hydrogen (secondary N) is 2. The number of nitrogens with zero attached hydrogens (tertiary/aromatic N) is 1. The fraction of sp³-hybridized carbons (Fsp3) is 0.222. The summed E-state index contributed by atoms with van der Waals surface area (Å²) in [7, 11) is 0.